The number of hydrogen-bond acceptors (Lipinski definition) is 6. The molecule has 0 atom stereocenters. The lowest BCUT2D eigenvalue weighted by molar-refractivity contribution is -0.742. The first-order valence-electron chi connectivity index (χ1n) is 5.10. The second-order valence-electron chi connectivity index (χ2n) is 2.96. The Morgan fingerprint density at radius 1 is 1.68 bits per heavy atom. The van der Waals surface area contributed by atoms with E-state index in [-0.39, 0.29) is 5.97 Å². The summed E-state index contributed by atoms with van der Waals surface area (Å²) in [5, 5.41) is 19.7. The van der Waals surface area contributed by atoms with Gasteiger partial charge in [-0.3, -0.25) is 0 Å². The van der Waals surface area contributed by atoms with Crippen LogP contribution in [0, 0.1) is 10.1 Å². The van der Waals surface area contributed by atoms with E-state index in [4.69, 9.17) is 25.9 Å². The number of hydrogen-bond donors (Lipinski definition) is 3. The molecule has 104 valence electrons. The maximum atomic E-state index is 11.4. The minimum absolute atomic E-state index is 0.342. The Kier molecular flexibility index (Phi) is 7.84. The molecule has 0 bridgehead atoms. The Morgan fingerprint density at radius 2 is 2.32 bits per heavy atom. The molecule has 0 heterocycles. The van der Waals surface area contributed by atoms with Crippen LogP contribution in [0.1, 0.15) is 17.3 Å². The van der Waals surface area contributed by atoms with E-state index in [2.05, 4.69) is 10.4 Å². The topological polar surface area (TPSA) is 140 Å². The number of nitrogens with zero attached hydrogens (tertiary/aromatic N) is 2. The first-order valence-corrected chi connectivity index (χ1v) is 5.10. The quantitative estimate of drug-likeness (QED) is 0.184. The van der Waals surface area contributed by atoms with Crippen molar-refractivity contribution in [1.29, 1.82) is 0 Å². The van der Waals surface area contributed by atoms with Crippen LogP contribution in [0.2, 0.25) is 0 Å². The number of nitrogens with two attached hydrogens (primary N) is 1. The van der Waals surface area contributed by atoms with Gasteiger partial charge in [0.25, 0.3) is 5.09 Å². The average Bonchev–Trinajstić information content (AvgIpc) is 2.36. The molecule has 0 saturated heterocycles. The summed E-state index contributed by atoms with van der Waals surface area (Å²) in [7, 11) is 0. The van der Waals surface area contributed by atoms with Gasteiger partial charge < -0.3 is 21.1 Å². The lowest BCUT2D eigenvalue weighted by Crippen LogP contribution is -2.05. The van der Waals surface area contributed by atoms with Crippen molar-refractivity contribution in [2.45, 2.75) is 6.92 Å². The van der Waals surface area contributed by atoms with E-state index in [1.54, 1.807) is 31.2 Å². The molecule has 0 saturated carbocycles. The van der Waals surface area contributed by atoms with Gasteiger partial charge in [-0.05, 0) is 25.1 Å². The molecule has 0 aromatic heterocycles. The molecular weight excluding hydrogens is 256 g/mol. The van der Waals surface area contributed by atoms with Crippen molar-refractivity contribution in [2.24, 2.45) is 10.9 Å². The number of carbonyl (C=O) groups is 1. The molecule has 0 aliphatic rings. The molecule has 0 spiro atoms. The molecule has 9 heteroatoms. The van der Waals surface area contributed by atoms with E-state index < -0.39 is 5.09 Å². The van der Waals surface area contributed by atoms with Gasteiger partial charge in [-0.15, -0.1) is 10.1 Å². The van der Waals surface area contributed by atoms with E-state index in [1.165, 1.54) is 6.34 Å². The minimum Gasteiger partial charge on any atom is -0.462 e. The molecule has 0 radical (unpaired) electrons. The fourth-order valence-corrected chi connectivity index (χ4v) is 1.06. The van der Waals surface area contributed by atoms with Crippen LogP contribution in [-0.2, 0) is 4.74 Å². The average molecular weight is 270 g/mol. The number of esters is 1. The highest BCUT2D eigenvalue weighted by Crippen LogP contribution is 2.10. The Bertz CT molecular complexity index is 445. The molecule has 19 heavy (non-hydrogen) atoms. The molecule has 1 aromatic rings. The summed E-state index contributed by atoms with van der Waals surface area (Å²) < 4.78 is 4.86. The van der Waals surface area contributed by atoms with E-state index in [0.29, 0.717) is 12.2 Å². The molecule has 0 aliphatic carbocycles. The van der Waals surface area contributed by atoms with Crippen LogP contribution >= 0.6 is 0 Å². The van der Waals surface area contributed by atoms with Gasteiger partial charge in [-0.1, -0.05) is 6.07 Å². The van der Waals surface area contributed by atoms with Gasteiger partial charge in [0, 0.05) is 5.69 Å². The summed E-state index contributed by atoms with van der Waals surface area (Å²) in [5.41, 5.74) is 1.22. The highest BCUT2D eigenvalue weighted by Gasteiger charge is 2.05. The van der Waals surface area contributed by atoms with Crippen LogP contribution < -0.4 is 11.2 Å². The van der Waals surface area contributed by atoms with Crippen LogP contribution in [0.25, 0.3) is 0 Å². The lowest BCUT2D eigenvalue weighted by atomic mass is 10.2. The molecule has 4 N–H and O–H groups in total. The Morgan fingerprint density at radius 3 is 2.84 bits per heavy atom. The van der Waals surface area contributed by atoms with Gasteiger partial charge in [-0.2, -0.15) is 5.10 Å². The molecule has 0 amide bonds. The highest BCUT2D eigenvalue weighted by atomic mass is 16.9. The van der Waals surface area contributed by atoms with Crippen LogP contribution in [0.15, 0.2) is 29.4 Å². The van der Waals surface area contributed by atoms with Gasteiger partial charge >= 0.3 is 5.97 Å². The van der Waals surface area contributed by atoms with Crippen LogP contribution in [0.4, 0.5) is 5.69 Å². The monoisotopic (exact) mass is 270 g/mol. The molecule has 0 fully saturated rings. The summed E-state index contributed by atoms with van der Waals surface area (Å²) >= 11 is 0. The second-order valence-corrected chi connectivity index (χ2v) is 2.96. The maximum absolute atomic E-state index is 11.4. The summed E-state index contributed by atoms with van der Waals surface area (Å²) in [4.78, 5) is 19.7. The number of rotatable bonds is 4. The summed E-state index contributed by atoms with van der Waals surface area (Å²) in [6, 6.07) is 6.89. The number of ether oxygens (including phenoxy) is 1. The third-order valence-electron chi connectivity index (χ3n) is 1.68. The predicted molar refractivity (Wildman–Crippen MR) is 67.5 cm³/mol. The zero-order valence-electron chi connectivity index (χ0n) is 10.1. The first kappa shape index (κ1) is 16.2. The third-order valence-corrected chi connectivity index (χ3v) is 1.68. The SMILES string of the molecule is CCOC(=O)c1cccc(NC=NN)c1.O=[N+]([O-])O. The number of nitrogens with one attached hydrogen (secondary N) is 1. The van der Waals surface area contributed by atoms with E-state index in [1.807, 2.05) is 0 Å². The van der Waals surface area contributed by atoms with Gasteiger partial charge in [0.1, 0.15) is 6.34 Å². The summed E-state index contributed by atoms with van der Waals surface area (Å²) in [5.74, 6) is 4.60. The predicted octanol–water partition coefficient (Wildman–Crippen LogP) is 0.829. The minimum atomic E-state index is -1.50. The second kappa shape index (κ2) is 9.22. The highest BCUT2D eigenvalue weighted by molar-refractivity contribution is 5.91. The van der Waals surface area contributed by atoms with Crippen molar-refractivity contribution in [3.8, 4) is 0 Å². The lowest BCUT2D eigenvalue weighted by Gasteiger charge is -2.04. The molecular formula is C10H14N4O5. The van der Waals surface area contributed by atoms with Gasteiger partial charge in [-0.25, -0.2) is 4.79 Å². The van der Waals surface area contributed by atoms with Gasteiger partial charge in [0.05, 0.1) is 12.2 Å². The van der Waals surface area contributed by atoms with E-state index >= 15 is 0 Å². The first-order chi connectivity index (χ1) is 9.01. The van der Waals surface area contributed by atoms with Crippen molar-refractivity contribution in [2.75, 3.05) is 11.9 Å². The number of benzene rings is 1. The largest absolute Gasteiger partial charge is 0.462 e. The standard InChI is InChI=1S/C10H13N3O2.HNO3/c1-2-15-10(14)8-4-3-5-9(6-8)12-7-13-11;2-1(3)4/h3-7H,2,11H2,1H3,(H,12,13);(H,2,3,4). The zero-order valence-corrected chi connectivity index (χ0v) is 10.1. The number of carbonyl (C=O) groups excluding carboxylic acids is 1. The van der Waals surface area contributed by atoms with Crippen molar-refractivity contribution < 1.29 is 19.8 Å². The van der Waals surface area contributed by atoms with Crippen molar-refractivity contribution >= 4 is 18.0 Å². The van der Waals surface area contributed by atoms with Crippen molar-refractivity contribution in [1.82, 2.24) is 0 Å². The fourth-order valence-electron chi connectivity index (χ4n) is 1.06. The zero-order chi connectivity index (χ0) is 14.7. The molecule has 0 unspecified atom stereocenters. The van der Waals surface area contributed by atoms with E-state index in [9.17, 15) is 4.79 Å². The maximum Gasteiger partial charge on any atom is 0.338 e. The Labute approximate surface area is 108 Å². The van der Waals surface area contributed by atoms with Gasteiger partial charge in [0.2, 0.25) is 0 Å². The summed E-state index contributed by atoms with van der Waals surface area (Å²) in [6.45, 7) is 2.13. The van der Waals surface area contributed by atoms with Crippen LogP contribution in [0.3, 0.4) is 0 Å². The van der Waals surface area contributed by atoms with Gasteiger partial charge in [0.15, 0.2) is 0 Å². The Balaban J connectivity index is 0.000000711. The van der Waals surface area contributed by atoms with Crippen molar-refractivity contribution in [3.05, 3.63) is 39.9 Å². The number of anilines is 1. The molecule has 1 aromatic carbocycles. The van der Waals surface area contributed by atoms with Crippen molar-refractivity contribution in [3.63, 3.8) is 0 Å². The normalized spacial score (nSPS) is 9.32. The molecule has 9 nitrogen and oxygen atoms in total. The fraction of sp³-hybridized carbons (Fsp3) is 0.200. The van der Waals surface area contributed by atoms with E-state index in [0.717, 1.165) is 5.69 Å². The molecule has 0 aliphatic heterocycles. The molecule has 1 rings (SSSR count). The summed E-state index contributed by atoms with van der Waals surface area (Å²) in [6.07, 6.45) is 1.34. The smallest absolute Gasteiger partial charge is 0.338 e. The Hall–Kier alpha value is -2.84. The van der Waals surface area contributed by atoms with Crippen LogP contribution in [0.5, 0.6) is 0 Å². The van der Waals surface area contributed by atoms with Crippen LogP contribution in [-0.4, -0.2) is 29.2 Å². The third kappa shape index (κ3) is 7.96. The number of hydrazone groups is 1.